The number of hydrogen-bond donors (Lipinski definition) is 4. The number of likely N-dealkylation sites (tertiary alicyclic amines) is 1. The first kappa shape index (κ1) is 33.5. The van der Waals surface area contributed by atoms with Gasteiger partial charge in [-0.3, -0.25) is 19.3 Å². The zero-order chi connectivity index (χ0) is 31.4. The number of carbonyl (C=O) groups excluding carboxylic acids is 4. The minimum atomic E-state index is -1.32. The van der Waals surface area contributed by atoms with Crippen LogP contribution in [0.25, 0.3) is 0 Å². The van der Waals surface area contributed by atoms with E-state index in [1.807, 2.05) is 36.4 Å². The first-order valence-corrected chi connectivity index (χ1v) is 14.6. The molecule has 1 fully saturated rings. The van der Waals surface area contributed by atoms with Crippen molar-refractivity contribution in [3.05, 3.63) is 71.8 Å². The van der Waals surface area contributed by atoms with E-state index in [2.05, 4.69) is 41.6 Å². The number of benzene rings is 2. The number of nitrogens with zero attached hydrogens (tertiary/aromatic N) is 1. The zero-order valence-corrected chi connectivity index (χ0v) is 25.4. The second-order valence-corrected chi connectivity index (χ2v) is 11.7. The molecule has 11 nitrogen and oxygen atoms in total. The van der Waals surface area contributed by atoms with E-state index in [-0.39, 0.29) is 37.1 Å². The SMILES string of the molecule is COC(=O)C[C@H](NC(=O)OCc1ccccc1)C(=O)N[C@@H](Cc1ccccc1)[C@H](O)CNC(=O)[C@@H]1CCCN1C(C)(C)C. The van der Waals surface area contributed by atoms with Crippen LogP contribution in [-0.2, 0) is 36.9 Å². The third-order valence-corrected chi connectivity index (χ3v) is 7.41. The average Bonchev–Trinajstić information content (AvgIpc) is 3.50. The lowest BCUT2D eigenvalue weighted by atomic mass is 10.00. The summed E-state index contributed by atoms with van der Waals surface area (Å²) in [4.78, 5) is 53.3. The van der Waals surface area contributed by atoms with Gasteiger partial charge in [0.25, 0.3) is 0 Å². The summed E-state index contributed by atoms with van der Waals surface area (Å²) in [6, 6.07) is 15.8. The van der Waals surface area contributed by atoms with Crippen molar-refractivity contribution >= 4 is 23.9 Å². The Labute approximate surface area is 253 Å². The van der Waals surface area contributed by atoms with Crippen molar-refractivity contribution in [2.45, 2.75) is 82.8 Å². The Bertz CT molecular complexity index is 1200. The van der Waals surface area contributed by atoms with Gasteiger partial charge in [-0.1, -0.05) is 60.7 Å². The molecule has 2 aromatic carbocycles. The number of carbonyl (C=O) groups is 4. The van der Waals surface area contributed by atoms with Crippen LogP contribution >= 0.6 is 0 Å². The Morgan fingerprint density at radius 1 is 0.977 bits per heavy atom. The van der Waals surface area contributed by atoms with Crippen LogP contribution in [0.2, 0.25) is 0 Å². The maximum Gasteiger partial charge on any atom is 0.408 e. The van der Waals surface area contributed by atoms with Crippen LogP contribution in [0.4, 0.5) is 4.79 Å². The molecule has 11 heteroatoms. The molecule has 0 bridgehead atoms. The topological polar surface area (TPSA) is 146 Å². The molecule has 0 aromatic heterocycles. The van der Waals surface area contributed by atoms with E-state index >= 15 is 0 Å². The number of rotatable bonds is 13. The van der Waals surface area contributed by atoms with Crippen LogP contribution in [0, 0.1) is 0 Å². The Hall–Kier alpha value is -3.96. The van der Waals surface area contributed by atoms with Crippen LogP contribution < -0.4 is 16.0 Å². The first-order valence-electron chi connectivity index (χ1n) is 14.6. The molecule has 43 heavy (non-hydrogen) atoms. The fourth-order valence-corrected chi connectivity index (χ4v) is 5.11. The van der Waals surface area contributed by atoms with Gasteiger partial charge in [-0.05, 0) is 57.7 Å². The molecule has 0 unspecified atom stereocenters. The van der Waals surface area contributed by atoms with E-state index in [4.69, 9.17) is 9.47 Å². The molecule has 3 amide bonds. The third kappa shape index (κ3) is 10.7. The molecule has 2 aromatic rings. The monoisotopic (exact) mass is 596 g/mol. The average molecular weight is 597 g/mol. The summed E-state index contributed by atoms with van der Waals surface area (Å²) in [6.45, 7) is 6.89. The summed E-state index contributed by atoms with van der Waals surface area (Å²) >= 11 is 0. The number of aliphatic hydroxyl groups is 1. The molecule has 0 radical (unpaired) electrons. The van der Waals surface area contributed by atoms with Gasteiger partial charge in [-0.25, -0.2) is 4.79 Å². The van der Waals surface area contributed by atoms with Gasteiger partial charge in [0.2, 0.25) is 11.8 Å². The van der Waals surface area contributed by atoms with Gasteiger partial charge < -0.3 is 30.5 Å². The lowest BCUT2D eigenvalue weighted by molar-refractivity contribution is -0.143. The molecule has 1 saturated heterocycles. The van der Waals surface area contributed by atoms with Gasteiger partial charge in [-0.15, -0.1) is 0 Å². The quantitative estimate of drug-likeness (QED) is 0.258. The van der Waals surface area contributed by atoms with E-state index in [1.165, 1.54) is 7.11 Å². The number of ether oxygens (including phenoxy) is 2. The molecule has 234 valence electrons. The summed E-state index contributed by atoms with van der Waals surface area (Å²) in [6.07, 6.45) is -0.623. The van der Waals surface area contributed by atoms with Crippen LogP contribution in [0.5, 0.6) is 0 Å². The number of hydrogen-bond acceptors (Lipinski definition) is 8. The summed E-state index contributed by atoms with van der Waals surface area (Å²) in [5.41, 5.74) is 1.42. The molecule has 0 aliphatic carbocycles. The predicted molar refractivity (Wildman–Crippen MR) is 161 cm³/mol. The summed E-state index contributed by atoms with van der Waals surface area (Å²) < 4.78 is 9.96. The van der Waals surface area contributed by atoms with E-state index in [0.717, 1.165) is 30.5 Å². The van der Waals surface area contributed by atoms with Gasteiger partial charge in [-0.2, -0.15) is 0 Å². The standard InChI is InChI=1S/C32H44N4O7/c1-32(2,3)36-17-11-16-26(36)30(40)33-20-27(37)24(18-22-12-7-5-8-13-22)34-29(39)25(19-28(38)42-4)35-31(41)43-21-23-14-9-6-10-15-23/h5-10,12-15,24-27,37H,11,16-21H2,1-4H3,(H,33,40)(H,34,39)(H,35,41)/t24-,25-,26-,27+/m0/s1. The van der Waals surface area contributed by atoms with Crippen LogP contribution in [0.3, 0.4) is 0 Å². The van der Waals surface area contributed by atoms with Gasteiger partial charge in [0, 0.05) is 12.1 Å². The minimum Gasteiger partial charge on any atom is -0.469 e. The van der Waals surface area contributed by atoms with Crippen molar-refractivity contribution in [3.8, 4) is 0 Å². The molecule has 4 atom stereocenters. The largest absolute Gasteiger partial charge is 0.469 e. The minimum absolute atomic E-state index is 0.0259. The van der Waals surface area contributed by atoms with Crippen molar-refractivity contribution in [2.75, 3.05) is 20.2 Å². The summed E-state index contributed by atoms with van der Waals surface area (Å²) in [5.74, 6) is -1.60. The Balaban J connectivity index is 1.69. The van der Waals surface area contributed by atoms with Crippen LogP contribution in [0.15, 0.2) is 60.7 Å². The van der Waals surface area contributed by atoms with Gasteiger partial charge in [0.1, 0.15) is 12.6 Å². The second-order valence-electron chi connectivity index (χ2n) is 11.7. The summed E-state index contributed by atoms with van der Waals surface area (Å²) in [7, 11) is 1.18. The Morgan fingerprint density at radius 3 is 2.21 bits per heavy atom. The smallest absolute Gasteiger partial charge is 0.408 e. The van der Waals surface area contributed by atoms with Crippen molar-refractivity contribution in [1.29, 1.82) is 0 Å². The van der Waals surface area contributed by atoms with Crippen molar-refractivity contribution in [1.82, 2.24) is 20.9 Å². The molecule has 0 saturated carbocycles. The Kier molecular flexibility index (Phi) is 12.5. The molecule has 1 aliphatic heterocycles. The molecule has 1 aliphatic rings. The van der Waals surface area contributed by atoms with E-state index in [1.54, 1.807) is 24.3 Å². The number of nitrogens with one attached hydrogen (secondary N) is 3. The predicted octanol–water partition coefficient (Wildman–Crippen LogP) is 2.31. The van der Waals surface area contributed by atoms with E-state index < -0.39 is 42.6 Å². The van der Waals surface area contributed by atoms with Gasteiger partial charge >= 0.3 is 12.1 Å². The molecule has 4 N–H and O–H groups in total. The fraction of sp³-hybridized carbons (Fsp3) is 0.500. The molecular formula is C32H44N4O7. The number of aliphatic hydroxyl groups excluding tert-OH is 1. The highest BCUT2D eigenvalue weighted by Gasteiger charge is 2.37. The number of esters is 1. The van der Waals surface area contributed by atoms with Crippen LogP contribution in [0.1, 0.15) is 51.2 Å². The highest BCUT2D eigenvalue weighted by Crippen LogP contribution is 2.26. The van der Waals surface area contributed by atoms with Crippen molar-refractivity contribution in [3.63, 3.8) is 0 Å². The molecule has 3 rings (SSSR count). The number of methoxy groups -OCH3 is 1. The highest BCUT2D eigenvalue weighted by molar-refractivity contribution is 5.89. The maximum absolute atomic E-state index is 13.4. The third-order valence-electron chi connectivity index (χ3n) is 7.41. The zero-order valence-electron chi connectivity index (χ0n) is 25.4. The van der Waals surface area contributed by atoms with Crippen molar-refractivity contribution in [2.24, 2.45) is 0 Å². The molecule has 0 spiro atoms. The molecular weight excluding hydrogens is 552 g/mol. The Morgan fingerprint density at radius 2 is 1.60 bits per heavy atom. The first-order chi connectivity index (χ1) is 20.5. The molecule has 1 heterocycles. The van der Waals surface area contributed by atoms with Gasteiger partial charge in [0.05, 0.1) is 31.7 Å². The lowest BCUT2D eigenvalue weighted by Crippen LogP contribution is -2.57. The highest BCUT2D eigenvalue weighted by atomic mass is 16.5. The van der Waals surface area contributed by atoms with Gasteiger partial charge in [0.15, 0.2) is 0 Å². The van der Waals surface area contributed by atoms with E-state index in [9.17, 15) is 24.3 Å². The lowest BCUT2D eigenvalue weighted by Gasteiger charge is -2.36. The van der Waals surface area contributed by atoms with Crippen molar-refractivity contribution < 1.29 is 33.8 Å². The fourth-order valence-electron chi connectivity index (χ4n) is 5.11. The number of alkyl carbamates (subject to hydrolysis) is 1. The summed E-state index contributed by atoms with van der Waals surface area (Å²) in [5, 5.41) is 19.3. The van der Waals surface area contributed by atoms with E-state index in [0.29, 0.717) is 0 Å². The van der Waals surface area contributed by atoms with Crippen LogP contribution in [-0.4, -0.2) is 83.9 Å². The normalized spacial score (nSPS) is 17.3. The maximum atomic E-state index is 13.4. The number of amides is 3. The second kappa shape index (κ2) is 16.0.